The molecule has 10 nitrogen and oxygen atoms in total. The number of urea groups is 1. The number of sulfonamides is 1. The number of primary amides is 1. The fraction of sp³-hybridized carbons (Fsp3) is 0.238. The molecule has 1 aromatic heterocycles. The average molecular weight is 528 g/mol. The number of aromatic nitrogens is 1. The van der Waals surface area contributed by atoms with Crippen LogP contribution in [0.3, 0.4) is 0 Å². The van der Waals surface area contributed by atoms with E-state index in [1.807, 2.05) is 0 Å². The van der Waals surface area contributed by atoms with Crippen LogP contribution in [-0.4, -0.2) is 55.5 Å². The fourth-order valence-electron chi connectivity index (χ4n) is 3.89. The van der Waals surface area contributed by atoms with Gasteiger partial charge in [-0.25, -0.2) is 31.5 Å². The van der Waals surface area contributed by atoms with Crippen LogP contribution in [0.15, 0.2) is 53.6 Å². The van der Waals surface area contributed by atoms with Gasteiger partial charge < -0.3 is 20.8 Å². The Morgan fingerprint density at radius 1 is 1.20 bits per heavy atom. The van der Waals surface area contributed by atoms with Crippen LogP contribution in [0.25, 0.3) is 10.9 Å². The number of amides is 3. The molecular formula is C21H20ClF2N5O5S. The largest absolute Gasteiger partial charge is 0.429 e. The molecule has 3 aromatic rings. The van der Waals surface area contributed by atoms with Crippen molar-refractivity contribution in [1.82, 2.24) is 14.4 Å². The van der Waals surface area contributed by atoms with Crippen LogP contribution < -0.4 is 20.6 Å². The van der Waals surface area contributed by atoms with E-state index in [9.17, 15) is 26.8 Å². The molecule has 4 rings (SSSR count). The fourth-order valence-corrected chi connectivity index (χ4v) is 5.29. The first-order chi connectivity index (χ1) is 16.6. The van der Waals surface area contributed by atoms with Gasteiger partial charge in [-0.2, -0.15) is 4.73 Å². The molecule has 0 radical (unpaired) electrons. The summed E-state index contributed by atoms with van der Waals surface area (Å²) in [5.41, 5.74) is 5.78. The highest BCUT2D eigenvalue weighted by molar-refractivity contribution is 7.89. The molecule has 0 saturated carbocycles. The Kier molecular flexibility index (Phi) is 6.83. The van der Waals surface area contributed by atoms with Gasteiger partial charge in [0, 0.05) is 24.4 Å². The second kappa shape index (κ2) is 9.68. The summed E-state index contributed by atoms with van der Waals surface area (Å²) in [4.78, 5) is 29.6. The molecule has 0 unspecified atom stereocenters. The first kappa shape index (κ1) is 24.7. The predicted octanol–water partition coefficient (Wildman–Crippen LogP) is 2.86. The smallest absolute Gasteiger partial charge is 0.333 e. The lowest BCUT2D eigenvalue weighted by Gasteiger charge is -2.24. The SMILES string of the molecule is NC(=O)On1cc(NC(=O)N2C[C@H](F)C[C@H]2CNS(=O)(=O)c2cccc(Cl)c2F)c2ccccc21. The van der Waals surface area contributed by atoms with Crippen LogP contribution in [0.1, 0.15) is 6.42 Å². The number of carbonyl (C=O) groups excluding carboxylic acids is 2. The van der Waals surface area contributed by atoms with Gasteiger partial charge in [-0.1, -0.05) is 35.9 Å². The van der Waals surface area contributed by atoms with Crippen molar-refractivity contribution in [3.63, 3.8) is 0 Å². The van der Waals surface area contributed by atoms with Gasteiger partial charge in [0.1, 0.15) is 11.1 Å². The third kappa shape index (κ3) is 5.16. The summed E-state index contributed by atoms with van der Waals surface area (Å²) in [6.45, 7) is -0.630. The van der Waals surface area contributed by atoms with Crippen LogP contribution in [0, 0.1) is 5.82 Å². The molecule has 186 valence electrons. The normalized spacial score (nSPS) is 18.1. The zero-order valence-corrected chi connectivity index (χ0v) is 19.5. The van der Waals surface area contributed by atoms with E-state index in [4.69, 9.17) is 22.2 Å². The molecule has 2 heterocycles. The Morgan fingerprint density at radius 3 is 2.69 bits per heavy atom. The van der Waals surface area contributed by atoms with Crippen molar-refractivity contribution in [2.24, 2.45) is 5.73 Å². The Balaban J connectivity index is 1.51. The van der Waals surface area contributed by atoms with Gasteiger partial charge >= 0.3 is 12.1 Å². The minimum Gasteiger partial charge on any atom is -0.333 e. The van der Waals surface area contributed by atoms with Crippen molar-refractivity contribution < 1.29 is 31.6 Å². The van der Waals surface area contributed by atoms with Crippen molar-refractivity contribution in [2.45, 2.75) is 23.5 Å². The van der Waals surface area contributed by atoms with E-state index in [1.54, 1.807) is 24.3 Å². The lowest BCUT2D eigenvalue weighted by Crippen LogP contribution is -2.45. The number of likely N-dealkylation sites (tertiary alicyclic amines) is 1. The maximum Gasteiger partial charge on any atom is 0.429 e. The quantitative estimate of drug-likeness (QED) is 0.453. The van der Waals surface area contributed by atoms with Gasteiger partial charge in [-0.05, 0) is 18.2 Å². The number of carbonyl (C=O) groups is 2. The van der Waals surface area contributed by atoms with Gasteiger partial charge in [-0.15, -0.1) is 0 Å². The molecule has 2 atom stereocenters. The third-order valence-electron chi connectivity index (χ3n) is 5.45. The van der Waals surface area contributed by atoms with E-state index in [0.29, 0.717) is 10.9 Å². The van der Waals surface area contributed by atoms with Gasteiger partial charge in [0.05, 0.1) is 29.0 Å². The highest BCUT2D eigenvalue weighted by Crippen LogP contribution is 2.28. The van der Waals surface area contributed by atoms with Gasteiger partial charge in [-0.3, -0.25) is 0 Å². The van der Waals surface area contributed by atoms with Crippen LogP contribution in [0.4, 0.5) is 24.1 Å². The lowest BCUT2D eigenvalue weighted by atomic mass is 10.2. The molecule has 0 spiro atoms. The monoisotopic (exact) mass is 527 g/mol. The van der Waals surface area contributed by atoms with Gasteiger partial charge in [0.2, 0.25) is 10.0 Å². The number of nitrogens with one attached hydrogen (secondary N) is 2. The number of hydrogen-bond acceptors (Lipinski definition) is 5. The van der Waals surface area contributed by atoms with E-state index in [-0.39, 0.29) is 30.2 Å². The molecule has 2 aromatic carbocycles. The number of benzene rings is 2. The van der Waals surface area contributed by atoms with E-state index >= 15 is 0 Å². The van der Waals surface area contributed by atoms with Crippen molar-refractivity contribution in [1.29, 1.82) is 0 Å². The number of alkyl halides is 1. The van der Waals surface area contributed by atoms with Crippen LogP contribution in [0.2, 0.25) is 5.02 Å². The van der Waals surface area contributed by atoms with E-state index in [1.165, 1.54) is 18.3 Å². The first-order valence-corrected chi connectivity index (χ1v) is 12.2. The Labute approximate surface area is 203 Å². The number of hydrogen-bond donors (Lipinski definition) is 3. The van der Waals surface area contributed by atoms with E-state index in [2.05, 4.69) is 10.0 Å². The predicted molar refractivity (Wildman–Crippen MR) is 124 cm³/mol. The standard InChI is InChI=1S/C21H20ClF2N5O5S/c22-15-5-3-7-18(19(15)24)35(32,33)26-9-13-8-12(23)10-28(13)21(31)27-16-11-29(34-20(25)30)17-6-2-1-4-14(16)17/h1-7,11-13,26H,8-10H2,(H2,25,30)(H,27,31)/t12-,13+/m1/s1. The van der Waals surface area contributed by atoms with Crippen LogP contribution >= 0.6 is 11.6 Å². The summed E-state index contributed by atoms with van der Waals surface area (Å²) in [5.74, 6) is -1.11. The molecule has 1 saturated heterocycles. The van der Waals surface area contributed by atoms with Gasteiger partial charge in [0.25, 0.3) is 0 Å². The van der Waals surface area contributed by atoms with Crippen molar-refractivity contribution in [3.05, 3.63) is 59.5 Å². The van der Waals surface area contributed by atoms with Crippen LogP contribution in [0.5, 0.6) is 0 Å². The number of nitrogens with zero attached hydrogens (tertiary/aromatic N) is 2. The molecular weight excluding hydrogens is 508 g/mol. The first-order valence-electron chi connectivity index (χ1n) is 10.3. The van der Waals surface area contributed by atoms with Crippen molar-refractivity contribution in [2.75, 3.05) is 18.4 Å². The summed E-state index contributed by atoms with van der Waals surface area (Å²) in [6, 6.07) is 8.67. The summed E-state index contributed by atoms with van der Waals surface area (Å²) in [7, 11) is -4.32. The third-order valence-corrected chi connectivity index (χ3v) is 7.18. The minimum atomic E-state index is -4.32. The van der Waals surface area contributed by atoms with Gasteiger partial charge in [0.15, 0.2) is 5.82 Å². The number of para-hydroxylation sites is 1. The Morgan fingerprint density at radius 2 is 1.94 bits per heavy atom. The number of anilines is 1. The Hall–Kier alpha value is -3.42. The minimum absolute atomic E-state index is 0.124. The summed E-state index contributed by atoms with van der Waals surface area (Å²) in [5, 5.41) is 2.79. The summed E-state index contributed by atoms with van der Waals surface area (Å²) < 4.78 is 56.9. The number of halogens is 3. The number of nitrogens with two attached hydrogens (primary N) is 1. The lowest BCUT2D eigenvalue weighted by molar-refractivity contribution is 0.149. The highest BCUT2D eigenvalue weighted by atomic mass is 35.5. The molecule has 1 aliphatic rings. The van der Waals surface area contributed by atoms with E-state index in [0.717, 1.165) is 15.7 Å². The zero-order valence-electron chi connectivity index (χ0n) is 17.9. The molecule has 4 N–H and O–H groups in total. The molecule has 0 aliphatic carbocycles. The summed E-state index contributed by atoms with van der Waals surface area (Å²) in [6.07, 6.45) is -1.25. The Bertz CT molecular complexity index is 1400. The summed E-state index contributed by atoms with van der Waals surface area (Å²) >= 11 is 5.66. The topological polar surface area (TPSA) is 136 Å². The number of fused-ring (bicyclic) bond motifs is 1. The second-order valence-corrected chi connectivity index (χ2v) is 9.91. The second-order valence-electron chi connectivity index (χ2n) is 7.77. The molecule has 3 amide bonds. The van der Waals surface area contributed by atoms with E-state index < -0.39 is 45.1 Å². The maximum atomic E-state index is 14.2. The average Bonchev–Trinajstić information content (AvgIpc) is 3.34. The molecule has 1 fully saturated rings. The zero-order chi connectivity index (χ0) is 25.3. The number of rotatable bonds is 6. The molecule has 14 heteroatoms. The molecule has 35 heavy (non-hydrogen) atoms. The highest BCUT2D eigenvalue weighted by Gasteiger charge is 2.36. The van der Waals surface area contributed by atoms with Crippen molar-refractivity contribution >= 4 is 50.3 Å². The van der Waals surface area contributed by atoms with Crippen LogP contribution in [-0.2, 0) is 10.0 Å². The molecule has 0 bridgehead atoms. The maximum absolute atomic E-state index is 14.2. The molecule has 1 aliphatic heterocycles. The van der Waals surface area contributed by atoms with Crippen molar-refractivity contribution in [3.8, 4) is 0 Å².